The minimum atomic E-state index is -4.68. The van der Waals surface area contributed by atoms with Crippen molar-refractivity contribution in [2.24, 2.45) is 5.92 Å². The number of benzene rings is 2. The Labute approximate surface area is 261 Å². The van der Waals surface area contributed by atoms with E-state index in [1.165, 1.54) is 6.07 Å². The fourth-order valence-electron chi connectivity index (χ4n) is 6.45. The van der Waals surface area contributed by atoms with Crippen molar-refractivity contribution >= 4 is 42.9 Å². The molecule has 1 saturated carbocycles. The van der Waals surface area contributed by atoms with E-state index in [9.17, 15) is 35.0 Å². The average molecular weight is 689 g/mol. The number of rotatable bonds is 6. The minimum Gasteiger partial charge on any atom is -0.346 e. The summed E-state index contributed by atoms with van der Waals surface area (Å²) >= 11 is 5.95. The molecule has 45 heavy (non-hydrogen) atoms. The number of sulfonamides is 1. The highest BCUT2D eigenvalue weighted by Gasteiger charge is 2.61. The molecule has 1 amide bonds. The van der Waals surface area contributed by atoms with Crippen molar-refractivity contribution in [2.75, 3.05) is 15.8 Å². The van der Waals surface area contributed by atoms with Crippen molar-refractivity contribution in [3.05, 3.63) is 87.7 Å². The number of amides is 1. The monoisotopic (exact) mass is 688 g/mol. The number of carbonyl (C=O) groups excluding carboxylic acids is 1. The molecule has 0 radical (unpaired) electrons. The van der Waals surface area contributed by atoms with E-state index in [1.807, 2.05) is 0 Å². The summed E-state index contributed by atoms with van der Waals surface area (Å²) in [5.74, 6) is -2.92. The van der Waals surface area contributed by atoms with Crippen LogP contribution in [0.4, 0.5) is 27.6 Å². The van der Waals surface area contributed by atoms with E-state index in [4.69, 9.17) is 16.4 Å². The number of aromatic nitrogens is 1. The molecule has 1 unspecified atom stereocenters. The summed E-state index contributed by atoms with van der Waals surface area (Å²) in [7, 11) is -7.35. The zero-order valence-electron chi connectivity index (χ0n) is 23.3. The van der Waals surface area contributed by atoms with E-state index >= 15 is 4.39 Å². The maximum Gasteiger partial charge on any atom is 0.417 e. The summed E-state index contributed by atoms with van der Waals surface area (Å²) in [6.07, 6.45) is -2.71. The highest BCUT2D eigenvalue weighted by molar-refractivity contribution is 7.93. The highest BCUT2D eigenvalue weighted by atomic mass is 35.5. The van der Waals surface area contributed by atoms with Crippen LogP contribution in [0.25, 0.3) is 0 Å². The number of nitrogens with one attached hydrogen (secondary N) is 2. The molecule has 2 fully saturated rings. The van der Waals surface area contributed by atoms with Gasteiger partial charge in [-0.1, -0.05) is 11.6 Å². The second-order valence-corrected chi connectivity index (χ2v) is 16.2. The van der Waals surface area contributed by atoms with Gasteiger partial charge in [-0.05, 0) is 74.1 Å². The van der Waals surface area contributed by atoms with Gasteiger partial charge in [0, 0.05) is 38.4 Å². The highest BCUT2D eigenvalue weighted by Crippen LogP contribution is 2.60. The lowest BCUT2D eigenvalue weighted by atomic mass is 9.70. The molecule has 2 aromatic carbocycles. The number of fused-ring (bicyclic) bond motifs is 2. The van der Waals surface area contributed by atoms with Crippen LogP contribution in [0, 0.1) is 22.3 Å². The van der Waals surface area contributed by atoms with Crippen LogP contribution < -0.4 is 9.62 Å². The normalized spacial score (nSPS) is 24.9. The zero-order chi connectivity index (χ0) is 32.5. The first-order chi connectivity index (χ1) is 21.0. The lowest BCUT2D eigenvalue weighted by Gasteiger charge is -2.42. The summed E-state index contributed by atoms with van der Waals surface area (Å²) in [5, 5.41) is 2.07. The molecule has 1 atom stereocenters. The summed E-state index contributed by atoms with van der Waals surface area (Å²) in [5.41, 5.74) is -2.81. The van der Waals surface area contributed by atoms with Gasteiger partial charge in [-0.25, -0.2) is 21.4 Å². The SMILES string of the molecule is N=S1(=O)CCC2(CC1)c1c(ccc(C(=O)NCc3ncc(C(F)(F)F)cc3Cl)c1F)N(S(=O)(=O)c1ccc(F)cc1)C2C1CC1. The number of pyridine rings is 1. The van der Waals surface area contributed by atoms with Crippen LogP contribution in [-0.2, 0) is 37.9 Å². The molecule has 1 aromatic heterocycles. The topological polar surface area (TPSA) is 120 Å². The molecule has 3 heterocycles. The van der Waals surface area contributed by atoms with Gasteiger partial charge in [-0.15, -0.1) is 0 Å². The standard InChI is InChI=1S/C29H26ClF5N4O4S2/c30-21-13-17(29(33,34)35)14-37-22(21)15-38-27(40)20-7-8-23-24(25(20)32)28(9-11-44(36,41)12-10-28)26(16-1-2-16)39(23)45(42,43)19-5-3-18(31)4-6-19/h3-8,13-14,16,26,36H,1-2,9-12,15H2,(H,38,40). The van der Waals surface area contributed by atoms with E-state index < -0.39 is 72.6 Å². The summed E-state index contributed by atoms with van der Waals surface area (Å²) in [6.45, 7) is -0.422. The van der Waals surface area contributed by atoms with Gasteiger partial charge in [0.05, 0.1) is 45.0 Å². The molecule has 240 valence electrons. The first-order valence-electron chi connectivity index (χ1n) is 13.9. The first-order valence-corrected chi connectivity index (χ1v) is 17.6. The van der Waals surface area contributed by atoms with E-state index in [-0.39, 0.29) is 57.1 Å². The van der Waals surface area contributed by atoms with Crippen LogP contribution in [0.5, 0.6) is 0 Å². The summed E-state index contributed by atoms with van der Waals surface area (Å²) in [4.78, 5) is 16.7. The number of carbonyl (C=O) groups is 1. The summed E-state index contributed by atoms with van der Waals surface area (Å²) < 4.78 is 120. The molecule has 3 aliphatic rings. The van der Waals surface area contributed by atoms with Crippen LogP contribution in [0.1, 0.15) is 52.9 Å². The van der Waals surface area contributed by atoms with Crippen molar-refractivity contribution in [3.8, 4) is 0 Å². The summed E-state index contributed by atoms with van der Waals surface area (Å²) in [6, 6.07) is 6.58. The van der Waals surface area contributed by atoms with Crippen molar-refractivity contribution in [2.45, 2.75) is 54.8 Å². The molecule has 2 aliphatic heterocycles. The van der Waals surface area contributed by atoms with Gasteiger partial charge in [0.25, 0.3) is 15.9 Å². The maximum absolute atomic E-state index is 16.7. The number of alkyl halides is 3. The fraction of sp³-hybridized carbons (Fsp3) is 0.379. The molecule has 2 N–H and O–H groups in total. The molecule has 1 aliphatic carbocycles. The molecular weight excluding hydrogens is 663 g/mol. The predicted molar refractivity (Wildman–Crippen MR) is 156 cm³/mol. The van der Waals surface area contributed by atoms with Crippen molar-refractivity contribution in [3.63, 3.8) is 0 Å². The second-order valence-electron chi connectivity index (χ2n) is 11.6. The average Bonchev–Trinajstić information content (AvgIpc) is 3.76. The third-order valence-corrected chi connectivity index (χ3v) is 12.6. The largest absolute Gasteiger partial charge is 0.417 e. The molecule has 1 saturated heterocycles. The first kappa shape index (κ1) is 31.7. The number of halogens is 6. The van der Waals surface area contributed by atoms with Crippen molar-refractivity contribution < 1.29 is 39.4 Å². The number of nitrogens with zero attached hydrogens (tertiary/aromatic N) is 2. The Bertz CT molecular complexity index is 1900. The van der Waals surface area contributed by atoms with E-state index in [1.54, 1.807) is 0 Å². The lowest BCUT2D eigenvalue weighted by Crippen LogP contribution is -2.52. The third kappa shape index (κ3) is 5.56. The van der Waals surface area contributed by atoms with E-state index in [0.717, 1.165) is 34.6 Å². The van der Waals surface area contributed by atoms with Crippen LogP contribution >= 0.6 is 11.6 Å². The van der Waals surface area contributed by atoms with Gasteiger partial charge in [0.2, 0.25) is 0 Å². The van der Waals surface area contributed by atoms with Crippen LogP contribution in [0.15, 0.2) is 53.6 Å². The van der Waals surface area contributed by atoms with Gasteiger partial charge < -0.3 is 5.32 Å². The number of anilines is 1. The van der Waals surface area contributed by atoms with Gasteiger partial charge >= 0.3 is 6.18 Å². The minimum absolute atomic E-state index is 0.0103. The molecule has 16 heteroatoms. The maximum atomic E-state index is 16.7. The van der Waals surface area contributed by atoms with Crippen LogP contribution in [0.3, 0.4) is 0 Å². The van der Waals surface area contributed by atoms with Crippen molar-refractivity contribution in [1.82, 2.24) is 10.3 Å². The Morgan fingerprint density at radius 2 is 1.76 bits per heavy atom. The molecular formula is C29H26ClF5N4O4S2. The lowest BCUT2D eigenvalue weighted by molar-refractivity contribution is -0.137. The van der Waals surface area contributed by atoms with Gasteiger partial charge in [0.1, 0.15) is 11.6 Å². The third-order valence-electron chi connectivity index (χ3n) is 8.77. The Morgan fingerprint density at radius 3 is 2.33 bits per heavy atom. The Hall–Kier alpha value is -3.30. The van der Waals surface area contributed by atoms with Crippen LogP contribution in [0.2, 0.25) is 5.02 Å². The van der Waals surface area contributed by atoms with Crippen LogP contribution in [-0.4, -0.2) is 41.1 Å². The molecule has 3 aromatic rings. The van der Waals surface area contributed by atoms with Gasteiger partial charge in [-0.3, -0.25) is 18.9 Å². The van der Waals surface area contributed by atoms with Gasteiger partial charge in [-0.2, -0.15) is 13.2 Å². The second kappa shape index (κ2) is 10.9. The molecule has 6 rings (SSSR count). The van der Waals surface area contributed by atoms with Gasteiger partial charge in [0.15, 0.2) is 0 Å². The Morgan fingerprint density at radius 1 is 1.11 bits per heavy atom. The van der Waals surface area contributed by atoms with Crippen molar-refractivity contribution in [1.29, 1.82) is 4.78 Å². The Kier molecular flexibility index (Phi) is 7.67. The molecule has 8 nitrogen and oxygen atoms in total. The molecule has 0 bridgehead atoms. The number of hydrogen-bond donors (Lipinski definition) is 2. The molecule has 1 spiro atoms. The quantitative estimate of drug-likeness (QED) is 0.307. The predicted octanol–water partition coefficient (Wildman–Crippen LogP) is 6.03. The fourth-order valence-corrected chi connectivity index (χ4v) is 10.1. The number of hydrogen-bond acceptors (Lipinski definition) is 6. The smallest absolute Gasteiger partial charge is 0.346 e. The van der Waals surface area contributed by atoms with E-state index in [2.05, 4.69) is 10.3 Å². The zero-order valence-corrected chi connectivity index (χ0v) is 25.7. The Balaban J connectivity index is 1.41. The van der Waals surface area contributed by atoms with E-state index in [0.29, 0.717) is 25.1 Å².